The van der Waals surface area contributed by atoms with E-state index in [1.54, 1.807) is 18.6 Å². The molecule has 1 saturated heterocycles. The molecule has 8 heteroatoms. The van der Waals surface area contributed by atoms with Gasteiger partial charge >= 0.3 is 0 Å². The van der Waals surface area contributed by atoms with Gasteiger partial charge in [-0.05, 0) is 31.9 Å². The van der Waals surface area contributed by atoms with E-state index in [1.165, 1.54) is 0 Å². The third-order valence-corrected chi connectivity index (χ3v) is 4.82. The van der Waals surface area contributed by atoms with E-state index in [2.05, 4.69) is 29.7 Å². The molecule has 0 aromatic carbocycles. The van der Waals surface area contributed by atoms with Gasteiger partial charge in [0.1, 0.15) is 11.6 Å². The van der Waals surface area contributed by atoms with Crippen LogP contribution in [0.2, 0.25) is 0 Å². The molecule has 0 radical (unpaired) electrons. The van der Waals surface area contributed by atoms with Gasteiger partial charge in [-0.2, -0.15) is 5.10 Å². The number of pyridine rings is 1. The lowest BCUT2D eigenvalue weighted by Gasteiger charge is -2.25. The molecule has 0 spiro atoms. The Morgan fingerprint density at radius 2 is 2.15 bits per heavy atom. The van der Waals surface area contributed by atoms with Crippen molar-refractivity contribution >= 4 is 5.91 Å². The Morgan fingerprint density at radius 1 is 1.31 bits per heavy atom. The van der Waals surface area contributed by atoms with Crippen LogP contribution >= 0.6 is 0 Å². The normalized spacial score (nSPS) is 17.0. The van der Waals surface area contributed by atoms with E-state index < -0.39 is 0 Å². The van der Waals surface area contributed by atoms with Crippen LogP contribution in [0.1, 0.15) is 24.5 Å². The number of H-pyrrole nitrogens is 1. The molecule has 134 valence electrons. The number of amides is 1. The van der Waals surface area contributed by atoms with Gasteiger partial charge in [-0.1, -0.05) is 0 Å². The Hall–Kier alpha value is -3.03. The number of aromatic amines is 1. The second kappa shape index (κ2) is 7.07. The van der Waals surface area contributed by atoms with Crippen LogP contribution in [0.15, 0.2) is 36.9 Å². The number of hydrogen-bond acceptors (Lipinski definition) is 5. The molecule has 4 rings (SSSR count). The molecule has 1 atom stereocenters. The summed E-state index contributed by atoms with van der Waals surface area (Å²) in [7, 11) is 0. The summed E-state index contributed by atoms with van der Waals surface area (Å²) in [5, 5.41) is 7.09. The molecular formula is C18H21N7O. The standard InChI is InChI=1S/C18H21N7O/c1-13-20-8-10-24(13)12-15-3-2-9-25(15)17(26)11-16-21-18(23-22-16)14-4-6-19-7-5-14/h4-8,10,15H,2-3,9,11-12H2,1H3,(H,21,22,23). The third kappa shape index (κ3) is 3.35. The number of aryl methyl sites for hydroxylation is 1. The highest BCUT2D eigenvalue weighted by molar-refractivity contribution is 5.78. The average molecular weight is 351 g/mol. The molecular weight excluding hydrogens is 330 g/mol. The molecule has 0 bridgehead atoms. The maximum Gasteiger partial charge on any atom is 0.230 e. The molecule has 26 heavy (non-hydrogen) atoms. The van der Waals surface area contributed by atoms with Crippen LogP contribution in [0.3, 0.4) is 0 Å². The highest BCUT2D eigenvalue weighted by atomic mass is 16.2. The van der Waals surface area contributed by atoms with Crippen LogP contribution in [-0.2, 0) is 17.8 Å². The minimum absolute atomic E-state index is 0.0858. The largest absolute Gasteiger partial charge is 0.338 e. The number of imidazole rings is 1. The predicted octanol–water partition coefficient (Wildman–Crippen LogP) is 1.61. The minimum atomic E-state index is 0.0858. The maximum absolute atomic E-state index is 12.8. The van der Waals surface area contributed by atoms with Crippen molar-refractivity contribution in [2.24, 2.45) is 0 Å². The van der Waals surface area contributed by atoms with E-state index in [9.17, 15) is 4.79 Å². The topological polar surface area (TPSA) is 92.6 Å². The Kier molecular flexibility index (Phi) is 4.47. The van der Waals surface area contributed by atoms with Crippen LogP contribution in [-0.4, -0.2) is 53.1 Å². The van der Waals surface area contributed by atoms with E-state index in [-0.39, 0.29) is 18.4 Å². The summed E-state index contributed by atoms with van der Waals surface area (Å²) in [6, 6.07) is 3.90. The highest BCUT2D eigenvalue weighted by Gasteiger charge is 2.29. The van der Waals surface area contributed by atoms with E-state index in [0.717, 1.165) is 37.3 Å². The fourth-order valence-corrected chi connectivity index (χ4v) is 3.43. The molecule has 4 heterocycles. The number of likely N-dealkylation sites (tertiary alicyclic amines) is 1. The lowest BCUT2D eigenvalue weighted by Crippen LogP contribution is -2.39. The Bertz CT molecular complexity index is 886. The van der Waals surface area contributed by atoms with Crippen molar-refractivity contribution in [1.29, 1.82) is 0 Å². The van der Waals surface area contributed by atoms with Crippen LogP contribution in [0.5, 0.6) is 0 Å². The van der Waals surface area contributed by atoms with Gasteiger partial charge in [0.15, 0.2) is 5.82 Å². The molecule has 0 aliphatic carbocycles. The molecule has 8 nitrogen and oxygen atoms in total. The third-order valence-electron chi connectivity index (χ3n) is 4.82. The zero-order valence-electron chi connectivity index (χ0n) is 14.7. The molecule has 1 unspecified atom stereocenters. The molecule has 1 aliphatic heterocycles. The van der Waals surface area contributed by atoms with Crippen LogP contribution < -0.4 is 0 Å². The van der Waals surface area contributed by atoms with Crippen LogP contribution in [0, 0.1) is 6.92 Å². The molecule has 0 saturated carbocycles. The first-order valence-electron chi connectivity index (χ1n) is 8.79. The fourth-order valence-electron chi connectivity index (χ4n) is 3.43. The molecule has 1 aliphatic rings. The second-order valence-electron chi connectivity index (χ2n) is 6.53. The molecule has 1 N–H and O–H groups in total. The average Bonchev–Trinajstić information content (AvgIpc) is 3.38. The fraction of sp³-hybridized carbons (Fsp3) is 0.389. The van der Waals surface area contributed by atoms with Crippen molar-refractivity contribution in [3.8, 4) is 11.4 Å². The van der Waals surface area contributed by atoms with Gasteiger partial charge < -0.3 is 9.47 Å². The quantitative estimate of drug-likeness (QED) is 0.754. The Labute approximate surface area is 151 Å². The molecule has 1 amide bonds. The Morgan fingerprint density at radius 3 is 2.92 bits per heavy atom. The number of nitrogens with zero attached hydrogens (tertiary/aromatic N) is 6. The van der Waals surface area contributed by atoms with Crippen molar-refractivity contribution in [1.82, 2.24) is 34.6 Å². The summed E-state index contributed by atoms with van der Waals surface area (Å²) < 4.78 is 2.10. The predicted molar refractivity (Wildman–Crippen MR) is 95.0 cm³/mol. The summed E-state index contributed by atoms with van der Waals surface area (Å²) in [6.45, 7) is 3.56. The minimum Gasteiger partial charge on any atom is -0.338 e. The van der Waals surface area contributed by atoms with Crippen LogP contribution in [0.4, 0.5) is 0 Å². The van der Waals surface area contributed by atoms with E-state index in [1.807, 2.05) is 30.2 Å². The molecule has 1 fully saturated rings. The van der Waals surface area contributed by atoms with Gasteiger partial charge in [0.25, 0.3) is 0 Å². The SMILES string of the molecule is Cc1nccn1CC1CCCN1C(=O)Cc1nc(-c2ccncc2)n[nH]1. The monoisotopic (exact) mass is 351 g/mol. The summed E-state index contributed by atoms with van der Waals surface area (Å²) in [5.74, 6) is 2.23. The lowest BCUT2D eigenvalue weighted by molar-refractivity contribution is -0.131. The van der Waals surface area contributed by atoms with Gasteiger partial charge in [0, 0.05) is 49.5 Å². The summed E-state index contributed by atoms with van der Waals surface area (Å²) in [6.07, 6.45) is 9.44. The van der Waals surface area contributed by atoms with Gasteiger partial charge in [0.2, 0.25) is 5.91 Å². The molecule has 3 aromatic rings. The number of nitrogens with one attached hydrogen (secondary N) is 1. The first-order valence-corrected chi connectivity index (χ1v) is 8.79. The number of carbonyl (C=O) groups excluding carboxylic acids is 1. The van der Waals surface area contributed by atoms with Crippen molar-refractivity contribution < 1.29 is 4.79 Å². The number of rotatable bonds is 5. The maximum atomic E-state index is 12.8. The van der Waals surface area contributed by atoms with Gasteiger partial charge in [-0.25, -0.2) is 9.97 Å². The van der Waals surface area contributed by atoms with E-state index in [0.29, 0.717) is 11.6 Å². The number of hydrogen-bond donors (Lipinski definition) is 1. The zero-order valence-corrected chi connectivity index (χ0v) is 14.7. The van der Waals surface area contributed by atoms with E-state index in [4.69, 9.17) is 0 Å². The van der Waals surface area contributed by atoms with Gasteiger partial charge in [-0.3, -0.25) is 14.9 Å². The van der Waals surface area contributed by atoms with Gasteiger partial charge in [0.05, 0.1) is 6.42 Å². The number of aromatic nitrogens is 6. The van der Waals surface area contributed by atoms with Crippen molar-refractivity contribution in [2.75, 3.05) is 6.54 Å². The van der Waals surface area contributed by atoms with Gasteiger partial charge in [-0.15, -0.1) is 0 Å². The lowest BCUT2D eigenvalue weighted by atomic mass is 10.2. The smallest absolute Gasteiger partial charge is 0.230 e. The van der Waals surface area contributed by atoms with Crippen LogP contribution in [0.25, 0.3) is 11.4 Å². The van der Waals surface area contributed by atoms with Crippen molar-refractivity contribution in [3.63, 3.8) is 0 Å². The van der Waals surface area contributed by atoms with Crippen molar-refractivity contribution in [3.05, 3.63) is 48.6 Å². The molecule has 3 aromatic heterocycles. The summed E-state index contributed by atoms with van der Waals surface area (Å²) in [5.41, 5.74) is 0.879. The van der Waals surface area contributed by atoms with Crippen molar-refractivity contribution in [2.45, 2.75) is 38.8 Å². The number of carbonyl (C=O) groups is 1. The summed E-state index contributed by atoms with van der Waals surface area (Å²) in [4.78, 5) is 27.5. The second-order valence-corrected chi connectivity index (χ2v) is 6.53. The Balaban J connectivity index is 1.43. The highest BCUT2D eigenvalue weighted by Crippen LogP contribution is 2.21. The zero-order chi connectivity index (χ0) is 17.9. The first kappa shape index (κ1) is 16.4. The summed E-state index contributed by atoms with van der Waals surface area (Å²) >= 11 is 0. The van der Waals surface area contributed by atoms with E-state index >= 15 is 0 Å². The first-order chi connectivity index (χ1) is 12.7.